The molecule has 6 nitrogen and oxygen atoms in total. The van der Waals surface area contributed by atoms with Gasteiger partial charge in [-0.3, -0.25) is 4.79 Å². The van der Waals surface area contributed by atoms with Crippen molar-refractivity contribution in [3.63, 3.8) is 0 Å². The Morgan fingerprint density at radius 1 is 1.26 bits per heavy atom. The van der Waals surface area contributed by atoms with Crippen LogP contribution in [0.4, 0.5) is 5.13 Å². The molecule has 1 aromatic carbocycles. The number of likely N-dealkylation sites (tertiary alicyclic amines) is 1. The fourth-order valence-corrected chi connectivity index (χ4v) is 4.05. The van der Waals surface area contributed by atoms with Gasteiger partial charge < -0.3 is 10.2 Å². The Bertz CT molecular complexity index is 935. The molecule has 3 heterocycles. The largest absolute Gasteiger partial charge is 0.348 e. The highest BCUT2D eigenvalue weighted by Crippen LogP contribution is 2.27. The van der Waals surface area contributed by atoms with E-state index in [0.29, 0.717) is 6.54 Å². The maximum absolute atomic E-state index is 12.7. The number of rotatable bonds is 4. The minimum atomic E-state index is -0.214. The normalized spacial score (nSPS) is 17.9. The van der Waals surface area contributed by atoms with Crippen molar-refractivity contribution in [2.45, 2.75) is 52.1 Å². The maximum atomic E-state index is 12.7. The third-order valence-corrected chi connectivity index (χ3v) is 5.75. The first-order valence-electron chi connectivity index (χ1n) is 9.27. The van der Waals surface area contributed by atoms with Crippen LogP contribution in [-0.2, 0) is 16.8 Å². The van der Waals surface area contributed by atoms with Gasteiger partial charge in [-0.2, -0.15) is 0 Å². The highest BCUT2D eigenvalue weighted by molar-refractivity contribution is 7.20. The maximum Gasteiger partial charge on any atom is 0.245 e. The number of aromatic nitrogens is 3. The first-order valence-corrected chi connectivity index (χ1v) is 10.1. The average Bonchev–Trinajstić information content (AvgIpc) is 3.25. The van der Waals surface area contributed by atoms with Crippen LogP contribution in [0.15, 0.2) is 30.5 Å². The molecule has 1 saturated heterocycles. The van der Waals surface area contributed by atoms with Gasteiger partial charge in [-0.05, 0) is 18.9 Å². The second-order valence-corrected chi connectivity index (χ2v) is 9.20. The lowest BCUT2D eigenvalue weighted by atomic mass is 9.93. The third-order valence-electron chi connectivity index (χ3n) is 4.90. The lowest BCUT2D eigenvalue weighted by Gasteiger charge is -2.17. The zero-order valence-corrected chi connectivity index (χ0v) is 17.0. The zero-order chi connectivity index (χ0) is 19.2. The molecule has 1 N–H and O–H groups in total. The molecule has 1 unspecified atom stereocenters. The van der Waals surface area contributed by atoms with Crippen LogP contribution in [-0.4, -0.2) is 38.0 Å². The summed E-state index contributed by atoms with van der Waals surface area (Å²) in [5.41, 5.74) is 3.42. The molecule has 0 spiro atoms. The highest BCUT2D eigenvalue weighted by Gasteiger charge is 2.32. The molecular weight excluding hydrogens is 358 g/mol. The Morgan fingerprint density at radius 3 is 2.67 bits per heavy atom. The summed E-state index contributed by atoms with van der Waals surface area (Å²) in [5.74, 6) is 0.138. The SMILES string of the molecule is Cc1ccc(CN2CCC(Nc3nn4cc(C(C)(C)C)nc4s3)C2=O)cc1. The Hall–Kier alpha value is -2.41. The van der Waals surface area contributed by atoms with E-state index < -0.39 is 0 Å². The van der Waals surface area contributed by atoms with E-state index in [0.717, 1.165) is 34.3 Å². The lowest BCUT2D eigenvalue weighted by molar-refractivity contribution is -0.128. The standard InChI is InChI=1S/C20H25N5OS/c1-13-5-7-14(8-6-13)11-24-10-9-15(17(24)26)21-18-23-25-12-16(20(2,3)4)22-19(25)27-18/h5-8,12,15H,9-11H2,1-4H3,(H,21,23). The molecule has 1 amide bonds. The van der Waals surface area contributed by atoms with Gasteiger partial charge in [-0.15, -0.1) is 5.10 Å². The molecule has 1 aliphatic rings. The number of aryl methyl sites for hydroxylation is 1. The number of benzene rings is 1. The van der Waals surface area contributed by atoms with E-state index in [1.54, 1.807) is 4.52 Å². The van der Waals surface area contributed by atoms with E-state index in [4.69, 9.17) is 0 Å². The summed E-state index contributed by atoms with van der Waals surface area (Å²) in [6.07, 6.45) is 2.76. The molecule has 0 bridgehead atoms. The number of carbonyl (C=O) groups is 1. The fourth-order valence-electron chi connectivity index (χ4n) is 3.21. The second kappa shape index (κ2) is 6.64. The van der Waals surface area contributed by atoms with E-state index in [1.165, 1.54) is 16.9 Å². The Kier molecular flexibility index (Phi) is 4.42. The third kappa shape index (κ3) is 3.69. The number of fused-ring (bicyclic) bond motifs is 1. The van der Waals surface area contributed by atoms with Crippen LogP contribution in [0.5, 0.6) is 0 Å². The zero-order valence-electron chi connectivity index (χ0n) is 16.2. The summed E-state index contributed by atoms with van der Waals surface area (Å²) in [4.78, 5) is 20.2. The Balaban J connectivity index is 1.42. The minimum Gasteiger partial charge on any atom is -0.348 e. The van der Waals surface area contributed by atoms with Crippen LogP contribution < -0.4 is 5.32 Å². The van der Waals surface area contributed by atoms with Crippen LogP contribution >= 0.6 is 11.3 Å². The van der Waals surface area contributed by atoms with Crippen molar-refractivity contribution in [1.29, 1.82) is 0 Å². The Labute approximate surface area is 163 Å². The average molecular weight is 384 g/mol. The molecular formula is C20H25N5OS. The molecule has 142 valence electrons. The molecule has 1 atom stereocenters. The second-order valence-electron chi connectivity index (χ2n) is 8.24. The lowest BCUT2D eigenvalue weighted by Crippen LogP contribution is -2.33. The van der Waals surface area contributed by atoms with Crippen LogP contribution in [0.3, 0.4) is 0 Å². The van der Waals surface area contributed by atoms with Crippen molar-refractivity contribution >= 4 is 27.3 Å². The fraction of sp³-hybridized carbons (Fsp3) is 0.450. The molecule has 2 aromatic heterocycles. The van der Waals surface area contributed by atoms with Crippen molar-refractivity contribution in [2.75, 3.05) is 11.9 Å². The number of nitrogens with zero attached hydrogens (tertiary/aromatic N) is 4. The minimum absolute atomic E-state index is 0.00108. The van der Waals surface area contributed by atoms with Gasteiger partial charge in [-0.1, -0.05) is 61.9 Å². The van der Waals surface area contributed by atoms with E-state index in [-0.39, 0.29) is 17.4 Å². The van der Waals surface area contributed by atoms with Crippen molar-refractivity contribution in [2.24, 2.45) is 0 Å². The molecule has 27 heavy (non-hydrogen) atoms. The van der Waals surface area contributed by atoms with Crippen molar-refractivity contribution in [1.82, 2.24) is 19.5 Å². The van der Waals surface area contributed by atoms with Crippen molar-refractivity contribution < 1.29 is 4.79 Å². The van der Waals surface area contributed by atoms with Crippen LogP contribution in [0, 0.1) is 6.92 Å². The number of imidazole rings is 1. The van der Waals surface area contributed by atoms with E-state index >= 15 is 0 Å². The van der Waals surface area contributed by atoms with Crippen LogP contribution in [0.25, 0.3) is 4.96 Å². The van der Waals surface area contributed by atoms with Gasteiger partial charge in [-0.25, -0.2) is 9.50 Å². The first-order chi connectivity index (χ1) is 12.8. The summed E-state index contributed by atoms with van der Waals surface area (Å²) >= 11 is 1.49. The highest BCUT2D eigenvalue weighted by atomic mass is 32.1. The van der Waals surface area contributed by atoms with Gasteiger partial charge in [0.05, 0.1) is 11.9 Å². The summed E-state index contributed by atoms with van der Waals surface area (Å²) in [6.45, 7) is 9.91. The van der Waals surface area contributed by atoms with Crippen LogP contribution in [0.1, 0.15) is 44.0 Å². The summed E-state index contributed by atoms with van der Waals surface area (Å²) in [7, 11) is 0. The number of anilines is 1. The van der Waals surface area contributed by atoms with Crippen molar-refractivity contribution in [3.8, 4) is 0 Å². The van der Waals surface area contributed by atoms with Crippen molar-refractivity contribution in [3.05, 3.63) is 47.3 Å². The molecule has 0 saturated carbocycles. The predicted octanol–water partition coefficient (Wildman–Crippen LogP) is 3.61. The number of hydrogen-bond acceptors (Lipinski definition) is 5. The van der Waals surface area contributed by atoms with Gasteiger partial charge in [0, 0.05) is 18.5 Å². The number of carbonyl (C=O) groups excluding carboxylic acids is 1. The smallest absolute Gasteiger partial charge is 0.245 e. The van der Waals surface area contributed by atoms with Gasteiger partial charge in [0.15, 0.2) is 0 Å². The van der Waals surface area contributed by atoms with Gasteiger partial charge in [0.25, 0.3) is 0 Å². The molecule has 0 aliphatic carbocycles. The summed E-state index contributed by atoms with van der Waals surface area (Å²) < 4.78 is 1.80. The number of nitrogens with one attached hydrogen (secondary N) is 1. The molecule has 1 aliphatic heterocycles. The Morgan fingerprint density at radius 2 is 2.00 bits per heavy atom. The molecule has 7 heteroatoms. The van der Waals surface area contributed by atoms with E-state index in [9.17, 15) is 4.79 Å². The quantitative estimate of drug-likeness (QED) is 0.748. The molecule has 0 radical (unpaired) electrons. The first kappa shape index (κ1) is 18.0. The molecule has 4 rings (SSSR count). The topological polar surface area (TPSA) is 62.5 Å². The van der Waals surface area contributed by atoms with Gasteiger partial charge in [0.1, 0.15) is 6.04 Å². The summed E-state index contributed by atoms with van der Waals surface area (Å²) in [6, 6.07) is 8.14. The monoisotopic (exact) mass is 383 g/mol. The van der Waals surface area contributed by atoms with Gasteiger partial charge in [0.2, 0.25) is 16.0 Å². The molecule has 1 fully saturated rings. The van der Waals surface area contributed by atoms with Crippen LogP contribution in [0.2, 0.25) is 0 Å². The van der Waals surface area contributed by atoms with E-state index in [1.807, 2.05) is 11.1 Å². The number of hydrogen-bond donors (Lipinski definition) is 1. The van der Waals surface area contributed by atoms with E-state index in [2.05, 4.69) is 67.4 Å². The molecule has 3 aromatic rings. The summed E-state index contributed by atoms with van der Waals surface area (Å²) in [5, 5.41) is 8.60. The number of amides is 1. The predicted molar refractivity (Wildman–Crippen MR) is 108 cm³/mol. The van der Waals surface area contributed by atoms with Gasteiger partial charge >= 0.3 is 0 Å².